The van der Waals surface area contributed by atoms with Crippen molar-refractivity contribution in [3.63, 3.8) is 0 Å². The molecule has 0 unspecified atom stereocenters. The van der Waals surface area contributed by atoms with Gasteiger partial charge in [0.15, 0.2) is 0 Å². The molecule has 1 aromatic rings. The minimum Gasteiger partial charge on any atom is -0.447 e. The first-order valence-electron chi connectivity index (χ1n) is 9.54. The average Bonchev–Trinajstić information content (AvgIpc) is 3.42. The average molecular weight is 388 g/mol. The van der Waals surface area contributed by atoms with Gasteiger partial charge in [0.25, 0.3) is 5.91 Å². The number of esters is 1. The number of hydrogen-bond donors (Lipinski definition) is 1. The van der Waals surface area contributed by atoms with E-state index in [1.54, 1.807) is 37.3 Å². The zero-order valence-electron chi connectivity index (χ0n) is 15.7. The van der Waals surface area contributed by atoms with Gasteiger partial charge in [0.1, 0.15) is 5.78 Å². The molecule has 28 heavy (non-hydrogen) atoms. The quantitative estimate of drug-likeness (QED) is 0.414. The highest BCUT2D eigenvalue weighted by Crippen LogP contribution is 2.37. The van der Waals surface area contributed by atoms with Gasteiger partial charge < -0.3 is 10.1 Å². The fraction of sp³-hybridized carbons (Fsp3) is 0.550. The van der Waals surface area contributed by atoms with Gasteiger partial charge in [-0.2, -0.15) is 0 Å². The number of hydrogen-bond acceptors (Lipinski definition) is 6. The number of amides is 1. The number of rotatable bonds is 8. The van der Waals surface area contributed by atoms with Gasteiger partial charge in [0.05, 0.1) is 6.42 Å². The topological polar surface area (TPSA) is 116 Å². The van der Waals surface area contributed by atoms with Gasteiger partial charge in [0, 0.05) is 34.8 Å². The van der Waals surface area contributed by atoms with Crippen LogP contribution >= 0.6 is 0 Å². The van der Waals surface area contributed by atoms with Crippen LogP contribution in [-0.2, 0) is 19.1 Å². The Morgan fingerprint density at radius 2 is 1.96 bits per heavy atom. The highest BCUT2D eigenvalue weighted by molar-refractivity contribution is 5.89. The van der Waals surface area contributed by atoms with Crippen molar-refractivity contribution in [2.75, 3.05) is 6.54 Å². The molecule has 2 saturated carbocycles. The maximum atomic E-state index is 12.5. The minimum atomic E-state index is -1.10. The van der Waals surface area contributed by atoms with E-state index in [-0.39, 0.29) is 37.1 Å². The second kappa shape index (κ2) is 8.50. The fourth-order valence-corrected chi connectivity index (χ4v) is 3.76. The lowest BCUT2D eigenvalue weighted by atomic mass is 9.88. The van der Waals surface area contributed by atoms with Crippen LogP contribution in [0.4, 0.5) is 0 Å². The molecule has 0 bridgehead atoms. The molecule has 1 aromatic carbocycles. The summed E-state index contributed by atoms with van der Waals surface area (Å²) in [5.41, 5.74) is 0.543. The van der Waals surface area contributed by atoms with Gasteiger partial charge >= 0.3 is 5.97 Å². The van der Waals surface area contributed by atoms with Crippen LogP contribution < -0.4 is 5.32 Å². The summed E-state index contributed by atoms with van der Waals surface area (Å²) in [5.74, 6) is -2.63. The molecule has 2 fully saturated rings. The monoisotopic (exact) mass is 388 g/mol. The molecule has 2 aliphatic rings. The molecule has 2 aliphatic carbocycles. The summed E-state index contributed by atoms with van der Waals surface area (Å²) in [6.07, 6.45) is 0.677. The Kier molecular flexibility index (Phi) is 6.06. The van der Waals surface area contributed by atoms with Crippen molar-refractivity contribution in [2.24, 2.45) is 17.8 Å². The Bertz CT molecular complexity index is 761. The largest absolute Gasteiger partial charge is 0.447 e. The van der Waals surface area contributed by atoms with E-state index in [0.717, 1.165) is 12.8 Å². The van der Waals surface area contributed by atoms with Crippen molar-refractivity contribution in [1.29, 1.82) is 0 Å². The zero-order valence-corrected chi connectivity index (χ0v) is 15.7. The van der Waals surface area contributed by atoms with Crippen LogP contribution in [0.25, 0.3) is 0 Å². The normalized spacial score (nSPS) is 25.2. The van der Waals surface area contributed by atoms with Crippen LogP contribution in [0.3, 0.4) is 0 Å². The van der Waals surface area contributed by atoms with Gasteiger partial charge in [-0.05, 0) is 18.8 Å². The number of Topliss-reactive ketones (excluding diaryl/α,β-unsaturated/α-hetero) is 1. The van der Waals surface area contributed by atoms with Crippen LogP contribution in [0.2, 0.25) is 0 Å². The Labute approximate surface area is 162 Å². The van der Waals surface area contributed by atoms with E-state index in [0.29, 0.717) is 5.56 Å². The summed E-state index contributed by atoms with van der Waals surface area (Å²) < 4.78 is 5.45. The molecule has 3 rings (SSSR count). The summed E-state index contributed by atoms with van der Waals surface area (Å²) in [6, 6.07) is 8.79. The van der Waals surface area contributed by atoms with E-state index in [1.165, 1.54) is 0 Å². The Hall–Kier alpha value is -2.77. The summed E-state index contributed by atoms with van der Waals surface area (Å²) in [7, 11) is 0. The minimum absolute atomic E-state index is 0.110. The second-order valence-corrected chi connectivity index (χ2v) is 7.70. The Morgan fingerprint density at radius 1 is 1.29 bits per heavy atom. The highest BCUT2D eigenvalue weighted by atomic mass is 16.6. The number of nitrogens with zero attached hydrogens (tertiary/aromatic N) is 1. The van der Waals surface area contributed by atoms with Crippen molar-refractivity contribution < 1.29 is 24.0 Å². The van der Waals surface area contributed by atoms with Crippen molar-refractivity contribution >= 4 is 17.7 Å². The molecule has 4 atom stereocenters. The number of nitro groups is 1. The maximum absolute atomic E-state index is 12.5. The molecular weight excluding hydrogens is 364 g/mol. The molecule has 0 radical (unpaired) electrons. The molecule has 8 nitrogen and oxygen atoms in total. The first kappa shape index (κ1) is 20.0. The van der Waals surface area contributed by atoms with Crippen molar-refractivity contribution in [2.45, 2.75) is 44.8 Å². The predicted molar refractivity (Wildman–Crippen MR) is 98.7 cm³/mol. The van der Waals surface area contributed by atoms with E-state index >= 15 is 0 Å². The van der Waals surface area contributed by atoms with Gasteiger partial charge in [-0.25, -0.2) is 0 Å². The number of ether oxygens (including phenoxy) is 1. The maximum Gasteiger partial charge on any atom is 0.307 e. The summed E-state index contributed by atoms with van der Waals surface area (Å²) in [6.45, 7) is 1.43. The second-order valence-electron chi connectivity index (χ2n) is 7.70. The van der Waals surface area contributed by atoms with Crippen molar-refractivity contribution in [3.8, 4) is 0 Å². The lowest BCUT2D eigenvalue weighted by Gasteiger charge is -2.21. The number of benzene rings is 1. The molecule has 0 saturated heterocycles. The van der Waals surface area contributed by atoms with E-state index in [1.807, 2.05) is 0 Å². The third-order valence-corrected chi connectivity index (χ3v) is 5.44. The third kappa shape index (κ3) is 4.94. The molecule has 0 spiro atoms. The van der Waals surface area contributed by atoms with Gasteiger partial charge in [0.2, 0.25) is 12.6 Å². The van der Waals surface area contributed by atoms with Crippen molar-refractivity contribution in [1.82, 2.24) is 5.32 Å². The van der Waals surface area contributed by atoms with Crippen LogP contribution in [0.5, 0.6) is 0 Å². The lowest BCUT2D eigenvalue weighted by Crippen LogP contribution is -2.34. The molecule has 1 N–H and O–H groups in total. The number of carbonyl (C=O) groups excluding carboxylic acids is 3. The SMILES string of the molecule is C[C@@H]1CC(=O)[C@@H](CC(=O)O[C@H](C(=O)NC2CC2)c2ccccc2)[C@@H]1C[N+](=O)[O-]. The third-order valence-electron chi connectivity index (χ3n) is 5.44. The Balaban J connectivity index is 1.69. The van der Waals surface area contributed by atoms with Gasteiger partial charge in [-0.15, -0.1) is 0 Å². The van der Waals surface area contributed by atoms with E-state index in [9.17, 15) is 24.5 Å². The van der Waals surface area contributed by atoms with E-state index in [4.69, 9.17) is 4.74 Å². The van der Waals surface area contributed by atoms with Crippen molar-refractivity contribution in [3.05, 3.63) is 46.0 Å². The van der Waals surface area contributed by atoms with Gasteiger partial charge in [-0.1, -0.05) is 37.3 Å². The smallest absolute Gasteiger partial charge is 0.307 e. The standard InChI is InChI=1S/C20H24N2O6/c1-12-9-17(23)15(16(12)11-22(26)27)10-18(24)28-19(13-5-3-2-4-6-13)20(25)21-14-7-8-14/h2-6,12,14-16,19H,7-11H2,1H3,(H,21,25)/t12-,15+,16-,19+/m1/s1. The molecule has 8 heteroatoms. The van der Waals surface area contributed by atoms with Gasteiger partial charge in [-0.3, -0.25) is 24.5 Å². The summed E-state index contributed by atoms with van der Waals surface area (Å²) >= 11 is 0. The Morgan fingerprint density at radius 3 is 2.57 bits per heavy atom. The summed E-state index contributed by atoms with van der Waals surface area (Å²) in [5, 5.41) is 13.8. The lowest BCUT2D eigenvalue weighted by molar-refractivity contribution is -0.490. The molecule has 0 aromatic heterocycles. The van der Waals surface area contributed by atoms with E-state index in [2.05, 4.69) is 5.32 Å². The molecule has 150 valence electrons. The number of ketones is 1. The first-order valence-corrected chi connectivity index (χ1v) is 9.54. The first-order chi connectivity index (χ1) is 13.3. The fourth-order valence-electron chi connectivity index (χ4n) is 3.76. The van der Waals surface area contributed by atoms with Crippen LogP contribution in [0.1, 0.15) is 44.3 Å². The van der Waals surface area contributed by atoms with Crippen LogP contribution in [0, 0.1) is 27.9 Å². The van der Waals surface area contributed by atoms with E-state index < -0.39 is 34.7 Å². The molecule has 0 heterocycles. The van der Waals surface area contributed by atoms with Crippen LogP contribution in [-0.4, -0.2) is 35.2 Å². The predicted octanol–water partition coefficient (Wildman–Crippen LogP) is 2.06. The number of nitrogens with one attached hydrogen (secondary N) is 1. The highest BCUT2D eigenvalue weighted by Gasteiger charge is 2.44. The van der Waals surface area contributed by atoms with Crippen LogP contribution in [0.15, 0.2) is 30.3 Å². The zero-order chi connectivity index (χ0) is 20.3. The molecule has 1 amide bonds. The molecule has 0 aliphatic heterocycles. The summed E-state index contributed by atoms with van der Waals surface area (Å²) in [4.78, 5) is 47.8. The molecular formula is C20H24N2O6. The number of carbonyl (C=O) groups is 3.